The van der Waals surface area contributed by atoms with E-state index in [4.69, 9.17) is 9.63 Å². The molecule has 0 radical (unpaired) electrons. The van der Waals surface area contributed by atoms with Gasteiger partial charge in [0.05, 0.1) is 12.7 Å². The molecule has 9 heavy (non-hydrogen) atoms. The molecule has 0 amide bonds. The Bertz CT molecular complexity index is 109. The Hall–Kier alpha value is 0.110. The Kier molecular flexibility index (Phi) is 2.66. The molecule has 1 rings (SSSR count). The summed E-state index contributed by atoms with van der Waals surface area (Å²) in [5.41, 5.74) is 0. The fraction of sp³-hybridized carbons (Fsp3) is 1.00. The van der Waals surface area contributed by atoms with Gasteiger partial charge in [-0.25, -0.2) is 0 Å². The van der Waals surface area contributed by atoms with E-state index in [0.29, 0.717) is 13.2 Å². The van der Waals surface area contributed by atoms with Crippen molar-refractivity contribution in [2.75, 3.05) is 13.2 Å². The van der Waals surface area contributed by atoms with Crippen LogP contribution in [-0.2, 0) is 13.8 Å². The third-order valence-corrected chi connectivity index (χ3v) is 1.69. The van der Waals surface area contributed by atoms with E-state index in [1.54, 1.807) is 0 Å². The molecular formula is C4H9O4P. The van der Waals surface area contributed by atoms with Crippen molar-refractivity contribution >= 4 is 8.25 Å². The van der Waals surface area contributed by atoms with E-state index in [2.05, 4.69) is 4.52 Å². The van der Waals surface area contributed by atoms with Gasteiger partial charge in [-0.15, -0.1) is 0 Å². The molecule has 54 valence electrons. The van der Waals surface area contributed by atoms with E-state index in [1.165, 1.54) is 0 Å². The van der Waals surface area contributed by atoms with Crippen LogP contribution in [-0.4, -0.2) is 24.2 Å². The molecule has 1 aliphatic rings. The van der Waals surface area contributed by atoms with Crippen LogP contribution < -0.4 is 0 Å². The van der Waals surface area contributed by atoms with Gasteiger partial charge in [0.15, 0.2) is 0 Å². The molecule has 1 saturated heterocycles. The van der Waals surface area contributed by atoms with Crippen molar-refractivity contribution in [2.45, 2.75) is 12.5 Å². The molecule has 5 heteroatoms. The molecule has 1 heterocycles. The maximum Gasteiger partial charge on any atom is 0.316 e. The Morgan fingerprint density at radius 1 is 1.78 bits per heavy atom. The molecule has 1 N–H and O–H groups in total. The first kappa shape index (κ1) is 7.22. The van der Waals surface area contributed by atoms with E-state index in [1.807, 2.05) is 0 Å². The van der Waals surface area contributed by atoms with Gasteiger partial charge in [0.2, 0.25) is 0 Å². The molecule has 0 bridgehead atoms. The first-order valence-electron chi connectivity index (χ1n) is 2.76. The number of ether oxygens (including phenoxy) is 1. The summed E-state index contributed by atoms with van der Waals surface area (Å²) < 4.78 is 19.5. The summed E-state index contributed by atoms with van der Waals surface area (Å²) in [6.07, 6.45) is 0.582. The van der Waals surface area contributed by atoms with Gasteiger partial charge in [-0.05, 0) is 6.42 Å². The topological polar surface area (TPSA) is 55.8 Å². The molecule has 0 aromatic heterocycles. The van der Waals surface area contributed by atoms with Crippen LogP contribution in [0.2, 0.25) is 0 Å². The van der Waals surface area contributed by atoms with Crippen molar-refractivity contribution in [3.05, 3.63) is 0 Å². The lowest BCUT2D eigenvalue weighted by Crippen LogP contribution is -2.06. The number of hydrogen-bond donors (Lipinski definition) is 1. The monoisotopic (exact) mass is 152 g/mol. The predicted octanol–water partition coefficient (Wildman–Crippen LogP) is 0.174. The van der Waals surface area contributed by atoms with Crippen molar-refractivity contribution in [1.29, 1.82) is 0 Å². The van der Waals surface area contributed by atoms with Crippen LogP contribution in [0.4, 0.5) is 0 Å². The normalized spacial score (nSPS) is 30.6. The van der Waals surface area contributed by atoms with Gasteiger partial charge in [-0.1, -0.05) is 0 Å². The van der Waals surface area contributed by atoms with Crippen molar-refractivity contribution in [1.82, 2.24) is 0 Å². The van der Waals surface area contributed by atoms with Gasteiger partial charge in [-0.2, -0.15) is 0 Å². The fourth-order valence-corrected chi connectivity index (χ4v) is 1.22. The van der Waals surface area contributed by atoms with Crippen LogP contribution in [0.15, 0.2) is 0 Å². The predicted molar refractivity (Wildman–Crippen MR) is 31.5 cm³/mol. The summed E-state index contributed by atoms with van der Waals surface area (Å²) in [6, 6.07) is 0. The highest BCUT2D eigenvalue weighted by atomic mass is 31.1. The Morgan fingerprint density at radius 2 is 2.56 bits per heavy atom. The summed E-state index contributed by atoms with van der Waals surface area (Å²) in [5.74, 6) is 0. The van der Waals surface area contributed by atoms with Gasteiger partial charge in [0.25, 0.3) is 0 Å². The highest BCUT2D eigenvalue weighted by molar-refractivity contribution is 7.32. The lowest BCUT2D eigenvalue weighted by molar-refractivity contribution is 0.137. The minimum atomic E-state index is -2.75. The van der Waals surface area contributed by atoms with Crippen LogP contribution in [0, 0.1) is 0 Å². The summed E-state index contributed by atoms with van der Waals surface area (Å²) in [5, 5.41) is 0. The molecule has 0 aromatic rings. The van der Waals surface area contributed by atoms with E-state index in [-0.39, 0.29) is 6.10 Å². The Labute approximate surface area is 53.7 Å². The first-order valence-corrected chi connectivity index (χ1v) is 4.03. The number of rotatable bonds is 2. The van der Waals surface area contributed by atoms with Crippen molar-refractivity contribution < 1.29 is 18.7 Å². The first-order chi connectivity index (χ1) is 4.29. The zero-order valence-electron chi connectivity index (χ0n) is 4.87. The third kappa shape index (κ3) is 2.45. The number of hydrogen-bond acceptors (Lipinski definition) is 3. The van der Waals surface area contributed by atoms with Crippen LogP contribution >= 0.6 is 8.25 Å². The van der Waals surface area contributed by atoms with Crippen molar-refractivity contribution in [3.8, 4) is 0 Å². The molecule has 2 unspecified atom stereocenters. The highest BCUT2D eigenvalue weighted by Crippen LogP contribution is 2.22. The zero-order chi connectivity index (χ0) is 6.69. The smallest absolute Gasteiger partial charge is 0.316 e. The maximum absolute atomic E-state index is 10.1. The molecule has 4 nitrogen and oxygen atoms in total. The van der Waals surface area contributed by atoms with Gasteiger partial charge in [-0.3, -0.25) is 4.57 Å². The van der Waals surface area contributed by atoms with Crippen LogP contribution in [0.3, 0.4) is 0 Å². The SMILES string of the molecule is O=[PH](O)OC1CCOC1. The molecule has 2 atom stereocenters. The summed E-state index contributed by atoms with van der Waals surface area (Å²) >= 11 is 0. The van der Waals surface area contributed by atoms with E-state index >= 15 is 0 Å². The second-order valence-corrected chi connectivity index (χ2v) is 2.64. The van der Waals surface area contributed by atoms with Gasteiger partial charge in [0, 0.05) is 6.61 Å². The summed E-state index contributed by atoms with van der Waals surface area (Å²) in [7, 11) is -2.75. The van der Waals surface area contributed by atoms with E-state index in [9.17, 15) is 4.57 Å². The largest absolute Gasteiger partial charge is 0.379 e. The summed E-state index contributed by atoms with van der Waals surface area (Å²) in [6.45, 7) is 1.09. The lowest BCUT2D eigenvalue weighted by atomic mass is 10.3. The minimum Gasteiger partial charge on any atom is -0.379 e. The van der Waals surface area contributed by atoms with Crippen LogP contribution in [0.1, 0.15) is 6.42 Å². The summed E-state index contributed by atoms with van der Waals surface area (Å²) in [4.78, 5) is 8.28. The minimum absolute atomic E-state index is 0.151. The molecule has 1 fully saturated rings. The third-order valence-electron chi connectivity index (χ3n) is 1.16. The van der Waals surface area contributed by atoms with Gasteiger partial charge < -0.3 is 14.2 Å². The molecule has 0 spiro atoms. The Balaban J connectivity index is 2.19. The van der Waals surface area contributed by atoms with Crippen LogP contribution in [0.25, 0.3) is 0 Å². The second kappa shape index (κ2) is 3.32. The van der Waals surface area contributed by atoms with Crippen molar-refractivity contribution in [2.24, 2.45) is 0 Å². The molecule has 0 aromatic carbocycles. The molecule has 0 saturated carbocycles. The fourth-order valence-electron chi connectivity index (χ4n) is 0.748. The molecule has 0 aliphatic carbocycles. The van der Waals surface area contributed by atoms with Crippen molar-refractivity contribution in [3.63, 3.8) is 0 Å². The lowest BCUT2D eigenvalue weighted by Gasteiger charge is -2.03. The molecular weight excluding hydrogens is 143 g/mol. The standard InChI is InChI=1S/C4H9O4P/c5-9(6)8-4-1-2-7-3-4/h4,9H,1-3H2,(H,5,6). The zero-order valence-corrected chi connectivity index (χ0v) is 5.87. The van der Waals surface area contributed by atoms with Gasteiger partial charge in [0.1, 0.15) is 0 Å². The second-order valence-electron chi connectivity index (χ2n) is 1.87. The highest BCUT2D eigenvalue weighted by Gasteiger charge is 2.17. The maximum atomic E-state index is 10.1. The average molecular weight is 152 g/mol. The Morgan fingerprint density at radius 3 is 3.00 bits per heavy atom. The van der Waals surface area contributed by atoms with Crippen LogP contribution in [0.5, 0.6) is 0 Å². The van der Waals surface area contributed by atoms with E-state index in [0.717, 1.165) is 6.42 Å². The van der Waals surface area contributed by atoms with E-state index < -0.39 is 8.25 Å². The quantitative estimate of drug-likeness (QED) is 0.573. The van der Waals surface area contributed by atoms with Gasteiger partial charge >= 0.3 is 8.25 Å². The average Bonchev–Trinajstić information content (AvgIpc) is 2.15. The molecule has 1 aliphatic heterocycles.